The molecule has 3 rings (SSSR count). The molecule has 0 bridgehead atoms. The first-order valence-corrected chi connectivity index (χ1v) is 6.62. The van der Waals surface area contributed by atoms with Crippen molar-refractivity contribution in [1.82, 2.24) is 15.0 Å². The van der Waals surface area contributed by atoms with Gasteiger partial charge in [-0.05, 0) is 24.3 Å². The Morgan fingerprint density at radius 1 is 1.00 bits per heavy atom. The molecule has 0 atom stereocenters. The molecule has 20 heavy (non-hydrogen) atoms. The lowest BCUT2D eigenvalue weighted by Gasteiger charge is -2.09. The molecule has 6 heteroatoms. The van der Waals surface area contributed by atoms with Crippen molar-refractivity contribution in [2.75, 3.05) is 0 Å². The first kappa shape index (κ1) is 13.1. The molecule has 0 aliphatic rings. The summed E-state index contributed by atoms with van der Waals surface area (Å²) < 4.78 is 5.73. The van der Waals surface area contributed by atoms with Crippen molar-refractivity contribution in [3.8, 4) is 5.75 Å². The fourth-order valence-corrected chi connectivity index (χ4v) is 2.11. The van der Waals surface area contributed by atoms with Gasteiger partial charge in [0.25, 0.3) is 0 Å². The van der Waals surface area contributed by atoms with Crippen LogP contribution in [0.5, 0.6) is 5.75 Å². The number of nitrogens with zero attached hydrogens (tertiary/aromatic N) is 3. The van der Waals surface area contributed by atoms with E-state index >= 15 is 0 Å². The van der Waals surface area contributed by atoms with Crippen LogP contribution < -0.4 is 4.74 Å². The lowest BCUT2D eigenvalue weighted by atomic mass is 10.2. The number of hydrogen-bond acceptors (Lipinski definition) is 4. The molecule has 0 amide bonds. The van der Waals surface area contributed by atoms with Gasteiger partial charge in [-0.1, -0.05) is 23.2 Å². The predicted octanol–water partition coefficient (Wildman–Crippen LogP) is 3.91. The van der Waals surface area contributed by atoms with E-state index in [0.29, 0.717) is 21.6 Å². The summed E-state index contributed by atoms with van der Waals surface area (Å²) in [5, 5.41) is 1.85. The highest BCUT2D eigenvalue weighted by atomic mass is 35.5. The highest BCUT2D eigenvalue weighted by Crippen LogP contribution is 2.29. The van der Waals surface area contributed by atoms with Crippen molar-refractivity contribution < 1.29 is 4.74 Å². The van der Waals surface area contributed by atoms with Crippen molar-refractivity contribution in [1.29, 1.82) is 0 Å². The standard InChI is InChI=1S/C14H9Cl2N3O/c15-11-3-4-12(14-10(11)2-1-5-17-14)20-8-9-6-19-13(16)7-18-9/h1-7H,8H2. The minimum absolute atomic E-state index is 0.289. The highest BCUT2D eigenvalue weighted by Gasteiger charge is 2.07. The van der Waals surface area contributed by atoms with Crippen LogP contribution in [0.1, 0.15) is 5.69 Å². The zero-order valence-corrected chi connectivity index (χ0v) is 11.8. The Balaban J connectivity index is 1.88. The molecule has 3 aromatic rings. The van der Waals surface area contributed by atoms with E-state index in [1.165, 1.54) is 6.20 Å². The van der Waals surface area contributed by atoms with Crippen molar-refractivity contribution >= 4 is 34.1 Å². The Kier molecular flexibility index (Phi) is 3.67. The lowest BCUT2D eigenvalue weighted by Crippen LogP contribution is -2.00. The van der Waals surface area contributed by atoms with Gasteiger partial charge in [-0.2, -0.15) is 0 Å². The number of fused-ring (bicyclic) bond motifs is 1. The molecule has 2 aromatic heterocycles. The van der Waals surface area contributed by atoms with E-state index in [0.717, 1.165) is 10.9 Å². The van der Waals surface area contributed by atoms with Crippen LogP contribution in [0.15, 0.2) is 42.9 Å². The lowest BCUT2D eigenvalue weighted by molar-refractivity contribution is 0.304. The molecular formula is C14H9Cl2N3O. The maximum atomic E-state index is 6.13. The van der Waals surface area contributed by atoms with E-state index in [9.17, 15) is 0 Å². The Hall–Kier alpha value is -1.91. The topological polar surface area (TPSA) is 47.9 Å². The minimum atomic E-state index is 0.289. The third-order valence-electron chi connectivity index (χ3n) is 2.73. The van der Waals surface area contributed by atoms with Crippen LogP contribution in [-0.2, 0) is 6.61 Å². The summed E-state index contributed by atoms with van der Waals surface area (Å²) in [6.07, 6.45) is 4.76. The first-order chi connectivity index (χ1) is 9.74. The molecule has 0 spiro atoms. The SMILES string of the molecule is Clc1cnc(COc2ccc(Cl)c3cccnc23)cn1. The number of rotatable bonds is 3. The van der Waals surface area contributed by atoms with Crippen LogP contribution in [0, 0.1) is 0 Å². The number of ether oxygens (including phenoxy) is 1. The molecule has 1 aromatic carbocycles. The second-order valence-electron chi connectivity index (χ2n) is 4.06. The summed E-state index contributed by atoms with van der Waals surface area (Å²) in [7, 11) is 0. The van der Waals surface area contributed by atoms with Crippen molar-refractivity contribution in [3.63, 3.8) is 0 Å². The molecule has 0 N–H and O–H groups in total. The Labute approximate surface area is 125 Å². The fourth-order valence-electron chi connectivity index (χ4n) is 1.79. The molecule has 0 aliphatic heterocycles. The maximum Gasteiger partial charge on any atom is 0.147 e. The summed E-state index contributed by atoms with van der Waals surface area (Å²) in [6.45, 7) is 0.289. The van der Waals surface area contributed by atoms with E-state index in [1.54, 1.807) is 24.5 Å². The summed E-state index contributed by atoms with van der Waals surface area (Å²) >= 11 is 11.8. The summed E-state index contributed by atoms with van der Waals surface area (Å²) in [6, 6.07) is 7.32. The van der Waals surface area contributed by atoms with E-state index in [-0.39, 0.29) is 6.61 Å². The minimum Gasteiger partial charge on any atom is -0.485 e. The fraction of sp³-hybridized carbons (Fsp3) is 0.0714. The van der Waals surface area contributed by atoms with Crippen LogP contribution in [0.3, 0.4) is 0 Å². The van der Waals surface area contributed by atoms with Gasteiger partial charge in [0.1, 0.15) is 23.0 Å². The Morgan fingerprint density at radius 3 is 2.70 bits per heavy atom. The van der Waals surface area contributed by atoms with Gasteiger partial charge < -0.3 is 4.74 Å². The average Bonchev–Trinajstić information content (AvgIpc) is 2.49. The zero-order valence-electron chi connectivity index (χ0n) is 10.3. The van der Waals surface area contributed by atoms with Crippen molar-refractivity contribution in [3.05, 3.63) is 58.7 Å². The maximum absolute atomic E-state index is 6.13. The van der Waals surface area contributed by atoms with Crippen molar-refractivity contribution in [2.24, 2.45) is 0 Å². The molecule has 100 valence electrons. The zero-order chi connectivity index (χ0) is 13.9. The van der Waals surface area contributed by atoms with Gasteiger partial charge in [0, 0.05) is 11.6 Å². The average molecular weight is 306 g/mol. The number of pyridine rings is 1. The number of benzene rings is 1. The second-order valence-corrected chi connectivity index (χ2v) is 4.86. The Morgan fingerprint density at radius 2 is 1.90 bits per heavy atom. The quantitative estimate of drug-likeness (QED) is 0.736. The molecule has 0 saturated carbocycles. The first-order valence-electron chi connectivity index (χ1n) is 5.86. The molecule has 4 nitrogen and oxygen atoms in total. The van der Waals surface area contributed by atoms with Gasteiger partial charge in [-0.15, -0.1) is 0 Å². The monoisotopic (exact) mass is 305 g/mol. The van der Waals surface area contributed by atoms with Gasteiger partial charge >= 0.3 is 0 Å². The summed E-state index contributed by atoms with van der Waals surface area (Å²) in [4.78, 5) is 12.4. The van der Waals surface area contributed by atoms with E-state index in [2.05, 4.69) is 15.0 Å². The second kappa shape index (κ2) is 5.61. The van der Waals surface area contributed by atoms with Crippen molar-refractivity contribution in [2.45, 2.75) is 6.61 Å². The normalized spacial score (nSPS) is 10.7. The summed E-state index contributed by atoms with van der Waals surface area (Å²) in [5.74, 6) is 0.654. The predicted molar refractivity (Wildman–Crippen MR) is 78.1 cm³/mol. The van der Waals surface area contributed by atoms with Crippen LogP contribution in [-0.4, -0.2) is 15.0 Å². The van der Waals surface area contributed by atoms with Crippen LogP contribution >= 0.6 is 23.2 Å². The largest absolute Gasteiger partial charge is 0.485 e. The van der Waals surface area contributed by atoms with Crippen LogP contribution in [0.25, 0.3) is 10.9 Å². The van der Waals surface area contributed by atoms with Gasteiger partial charge in [-0.3, -0.25) is 9.97 Å². The number of hydrogen-bond donors (Lipinski definition) is 0. The summed E-state index contributed by atoms with van der Waals surface area (Å²) in [5.41, 5.74) is 1.41. The van der Waals surface area contributed by atoms with Crippen LogP contribution in [0.4, 0.5) is 0 Å². The molecule has 2 heterocycles. The van der Waals surface area contributed by atoms with Gasteiger partial charge in [-0.25, -0.2) is 4.98 Å². The van der Waals surface area contributed by atoms with E-state index in [1.807, 2.05) is 12.1 Å². The Bertz CT molecular complexity index is 747. The molecule has 0 fully saturated rings. The van der Waals surface area contributed by atoms with E-state index in [4.69, 9.17) is 27.9 Å². The van der Waals surface area contributed by atoms with Crippen LogP contribution in [0.2, 0.25) is 10.2 Å². The van der Waals surface area contributed by atoms with Gasteiger partial charge in [0.05, 0.1) is 23.1 Å². The van der Waals surface area contributed by atoms with Gasteiger partial charge in [0.2, 0.25) is 0 Å². The third-order valence-corrected chi connectivity index (χ3v) is 3.25. The van der Waals surface area contributed by atoms with Gasteiger partial charge in [0.15, 0.2) is 0 Å². The number of aromatic nitrogens is 3. The molecule has 0 saturated heterocycles. The molecular weight excluding hydrogens is 297 g/mol. The molecule has 0 radical (unpaired) electrons. The molecule has 0 unspecified atom stereocenters. The smallest absolute Gasteiger partial charge is 0.147 e. The van der Waals surface area contributed by atoms with E-state index < -0.39 is 0 Å². The number of halogens is 2. The highest BCUT2D eigenvalue weighted by molar-refractivity contribution is 6.35. The third kappa shape index (κ3) is 2.66. The molecule has 0 aliphatic carbocycles.